The quantitative estimate of drug-likeness (QED) is 0.0261. The fraction of sp³-hybridized carbons (Fsp3) is 0.766. The molecular weight excluding hydrogens is 865 g/mol. The maximum atomic E-state index is 12.8. The summed E-state index contributed by atoms with van der Waals surface area (Å²) in [6.07, 6.45) is 74.7. The highest BCUT2D eigenvalue weighted by Gasteiger charge is 2.19. The Balaban J connectivity index is 4.23. The van der Waals surface area contributed by atoms with Crippen molar-refractivity contribution in [2.24, 2.45) is 0 Å². The van der Waals surface area contributed by atoms with Gasteiger partial charge < -0.3 is 14.2 Å². The van der Waals surface area contributed by atoms with E-state index in [1.54, 1.807) is 0 Å². The highest BCUT2D eigenvalue weighted by Crippen LogP contribution is 2.16. The Bertz CT molecular complexity index is 1310. The topological polar surface area (TPSA) is 78.9 Å². The molecule has 1 unspecified atom stereocenters. The van der Waals surface area contributed by atoms with E-state index < -0.39 is 6.10 Å². The number of unbranched alkanes of at least 4 members (excludes halogenated alkanes) is 31. The van der Waals surface area contributed by atoms with Crippen LogP contribution < -0.4 is 0 Å². The predicted molar refractivity (Wildman–Crippen MR) is 302 cm³/mol. The highest BCUT2D eigenvalue weighted by atomic mass is 16.6. The summed E-state index contributed by atoms with van der Waals surface area (Å²) in [5, 5.41) is 0. The zero-order chi connectivity index (χ0) is 50.7. The summed E-state index contributed by atoms with van der Waals surface area (Å²) in [5.41, 5.74) is 0. The molecule has 0 aliphatic rings. The van der Waals surface area contributed by atoms with Crippen molar-refractivity contribution in [1.82, 2.24) is 0 Å². The lowest BCUT2D eigenvalue weighted by Crippen LogP contribution is -2.30. The fourth-order valence-corrected chi connectivity index (χ4v) is 8.47. The summed E-state index contributed by atoms with van der Waals surface area (Å²) >= 11 is 0. The van der Waals surface area contributed by atoms with Gasteiger partial charge in [0.2, 0.25) is 0 Å². The first-order chi connectivity index (χ1) is 34.5. The summed E-state index contributed by atoms with van der Waals surface area (Å²) in [6.45, 7) is 6.52. The van der Waals surface area contributed by atoms with Crippen molar-refractivity contribution in [1.29, 1.82) is 0 Å². The number of esters is 3. The molecule has 0 saturated heterocycles. The van der Waals surface area contributed by atoms with Crippen LogP contribution in [0.15, 0.2) is 72.9 Å². The molecule has 0 bridgehead atoms. The molecule has 0 rings (SSSR count). The molecule has 0 saturated carbocycles. The van der Waals surface area contributed by atoms with E-state index in [0.29, 0.717) is 19.3 Å². The summed E-state index contributed by atoms with van der Waals surface area (Å²) in [7, 11) is 0. The van der Waals surface area contributed by atoms with Crippen LogP contribution in [-0.2, 0) is 28.6 Å². The van der Waals surface area contributed by atoms with Crippen LogP contribution in [0.1, 0.15) is 297 Å². The van der Waals surface area contributed by atoms with Crippen LogP contribution in [0.4, 0.5) is 0 Å². The maximum absolute atomic E-state index is 12.8. The van der Waals surface area contributed by atoms with Gasteiger partial charge in [-0.1, -0.05) is 261 Å². The van der Waals surface area contributed by atoms with Crippen molar-refractivity contribution >= 4 is 17.9 Å². The summed E-state index contributed by atoms with van der Waals surface area (Å²) in [5.74, 6) is -0.878. The Kier molecular flexibility index (Phi) is 55.8. The zero-order valence-corrected chi connectivity index (χ0v) is 46.3. The summed E-state index contributed by atoms with van der Waals surface area (Å²) < 4.78 is 16.9. The first-order valence-electron chi connectivity index (χ1n) is 29.9. The average molecular weight is 978 g/mol. The predicted octanol–water partition coefficient (Wildman–Crippen LogP) is 20.2. The van der Waals surface area contributed by atoms with Crippen molar-refractivity contribution < 1.29 is 28.6 Å². The lowest BCUT2D eigenvalue weighted by molar-refractivity contribution is -0.167. The molecular formula is C64H112O6. The third-order valence-corrected chi connectivity index (χ3v) is 12.9. The molecule has 0 aromatic rings. The molecule has 70 heavy (non-hydrogen) atoms. The number of carbonyl (C=O) groups is 3. The van der Waals surface area contributed by atoms with Crippen LogP contribution >= 0.6 is 0 Å². The van der Waals surface area contributed by atoms with Gasteiger partial charge in [-0.05, 0) is 89.9 Å². The minimum Gasteiger partial charge on any atom is -0.462 e. The Morgan fingerprint density at radius 1 is 0.300 bits per heavy atom. The second-order valence-electron chi connectivity index (χ2n) is 19.9. The number of hydrogen-bond acceptors (Lipinski definition) is 6. The monoisotopic (exact) mass is 977 g/mol. The molecule has 0 radical (unpaired) electrons. The highest BCUT2D eigenvalue weighted by molar-refractivity contribution is 5.71. The molecule has 0 aromatic carbocycles. The van der Waals surface area contributed by atoms with Gasteiger partial charge in [0.1, 0.15) is 13.2 Å². The third kappa shape index (κ3) is 55.8. The van der Waals surface area contributed by atoms with E-state index in [0.717, 1.165) is 103 Å². The second kappa shape index (κ2) is 58.4. The normalized spacial score (nSPS) is 12.6. The standard InChI is InChI=1S/C64H112O6/c1-4-7-10-13-16-19-22-25-26-27-28-29-30-31-32-33-34-35-36-37-38-40-42-45-48-51-54-57-63(66)69-60-61(59-68-62(65)56-53-50-47-44-41-24-21-18-15-12-9-6-3)70-64(67)58-55-52-49-46-43-39-23-20-17-14-11-8-5-2/h7,10,16,19-20,23,25-26,28-29,31-32,61H,4-6,8-9,11-15,17-18,21-22,24,27,30,33-60H2,1-3H3/b10-7-,19-16-,23-20-,26-25-,29-28-,32-31-. The van der Waals surface area contributed by atoms with Crippen LogP contribution in [0.5, 0.6) is 0 Å². The van der Waals surface area contributed by atoms with Gasteiger partial charge in [-0.3, -0.25) is 14.4 Å². The first kappa shape index (κ1) is 66.9. The van der Waals surface area contributed by atoms with E-state index in [-0.39, 0.29) is 31.1 Å². The largest absolute Gasteiger partial charge is 0.462 e. The summed E-state index contributed by atoms with van der Waals surface area (Å²) in [6, 6.07) is 0. The minimum absolute atomic E-state index is 0.0761. The van der Waals surface area contributed by atoms with E-state index in [1.165, 1.54) is 154 Å². The van der Waals surface area contributed by atoms with Gasteiger partial charge in [0.25, 0.3) is 0 Å². The lowest BCUT2D eigenvalue weighted by atomic mass is 10.0. The Hall–Kier alpha value is -3.15. The van der Waals surface area contributed by atoms with Crippen LogP contribution in [0, 0.1) is 0 Å². The Morgan fingerprint density at radius 2 is 0.557 bits per heavy atom. The van der Waals surface area contributed by atoms with E-state index in [4.69, 9.17) is 14.2 Å². The fourth-order valence-electron chi connectivity index (χ4n) is 8.47. The number of hydrogen-bond donors (Lipinski definition) is 0. The van der Waals surface area contributed by atoms with Crippen molar-refractivity contribution in [3.8, 4) is 0 Å². The van der Waals surface area contributed by atoms with Crippen molar-refractivity contribution in [2.45, 2.75) is 303 Å². The van der Waals surface area contributed by atoms with Gasteiger partial charge in [-0.2, -0.15) is 0 Å². The second-order valence-corrected chi connectivity index (χ2v) is 19.9. The van der Waals surface area contributed by atoms with Gasteiger partial charge >= 0.3 is 17.9 Å². The first-order valence-corrected chi connectivity index (χ1v) is 29.9. The molecule has 1 atom stereocenters. The van der Waals surface area contributed by atoms with E-state index >= 15 is 0 Å². The molecule has 0 aliphatic carbocycles. The van der Waals surface area contributed by atoms with Crippen LogP contribution in [0.25, 0.3) is 0 Å². The molecule has 0 amide bonds. The Morgan fingerprint density at radius 3 is 0.900 bits per heavy atom. The lowest BCUT2D eigenvalue weighted by Gasteiger charge is -2.18. The average Bonchev–Trinajstić information content (AvgIpc) is 3.36. The zero-order valence-electron chi connectivity index (χ0n) is 46.3. The van der Waals surface area contributed by atoms with Crippen LogP contribution in [0.2, 0.25) is 0 Å². The molecule has 404 valence electrons. The van der Waals surface area contributed by atoms with Crippen molar-refractivity contribution in [2.75, 3.05) is 13.2 Å². The molecule has 0 heterocycles. The molecule has 0 fully saturated rings. The van der Waals surface area contributed by atoms with Gasteiger partial charge in [0, 0.05) is 19.3 Å². The molecule has 0 N–H and O–H groups in total. The number of rotatable bonds is 54. The third-order valence-electron chi connectivity index (χ3n) is 12.9. The van der Waals surface area contributed by atoms with Gasteiger partial charge in [-0.15, -0.1) is 0 Å². The van der Waals surface area contributed by atoms with Crippen LogP contribution in [-0.4, -0.2) is 37.2 Å². The van der Waals surface area contributed by atoms with Crippen molar-refractivity contribution in [3.63, 3.8) is 0 Å². The maximum Gasteiger partial charge on any atom is 0.306 e. The van der Waals surface area contributed by atoms with Gasteiger partial charge in [0.05, 0.1) is 0 Å². The SMILES string of the molecule is CC/C=C\C/C=C\C/C=C\C/C=C\C/C=C\CCCCCCCCCCCCCC(=O)OCC(COC(=O)CCCCCCCCCCCCCC)OC(=O)CCCCCCC/C=C\CCCCCC. The molecule has 0 spiro atoms. The van der Waals surface area contributed by atoms with E-state index in [2.05, 4.69) is 93.7 Å². The van der Waals surface area contributed by atoms with Crippen molar-refractivity contribution in [3.05, 3.63) is 72.9 Å². The number of ether oxygens (including phenoxy) is 3. The minimum atomic E-state index is -0.778. The van der Waals surface area contributed by atoms with Gasteiger partial charge in [-0.25, -0.2) is 0 Å². The summed E-state index contributed by atoms with van der Waals surface area (Å²) in [4.78, 5) is 38.1. The number of allylic oxidation sites excluding steroid dienone is 12. The van der Waals surface area contributed by atoms with E-state index in [1.807, 2.05) is 0 Å². The molecule has 6 heteroatoms. The molecule has 0 aromatic heterocycles. The Labute approximate surface area is 433 Å². The molecule has 0 aliphatic heterocycles. The number of carbonyl (C=O) groups excluding carboxylic acids is 3. The smallest absolute Gasteiger partial charge is 0.306 e. The van der Waals surface area contributed by atoms with Crippen LogP contribution in [0.3, 0.4) is 0 Å². The van der Waals surface area contributed by atoms with E-state index in [9.17, 15) is 14.4 Å². The molecule has 6 nitrogen and oxygen atoms in total. The van der Waals surface area contributed by atoms with Gasteiger partial charge in [0.15, 0.2) is 6.10 Å².